The number of amides is 3. The lowest BCUT2D eigenvalue weighted by molar-refractivity contribution is -0.139. The first-order chi connectivity index (χ1) is 15.5. The maximum atomic E-state index is 12.0. The van der Waals surface area contributed by atoms with Crippen molar-refractivity contribution in [2.24, 2.45) is 5.10 Å². The van der Waals surface area contributed by atoms with Gasteiger partial charge in [-0.25, -0.2) is 5.43 Å². The number of rotatable bonds is 7. The lowest BCUT2D eigenvalue weighted by Crippen LogP contribution is -2.44. The summed E-state index contributed by atoms with van der Waals surface area (Å²) in [5.74, 6) is -1.28. The summed E-state index contributed by atoms with van der Waals surface area (Å²) in [6, 6.07) is 13.7. The smallest absolute Gasteiger partial charge is 0.329 e. The molecule has 1 aliphatic rings. The number of nitrogens with one attached hydrogen (secondary N) is 3. The van der Waals surface area contributed by atoms with Crippen LogP contribution in [0.4, 0.5) is 5.69 Å². The van der Waals surface area contributed by atoms with Crippen LogP contribution < -0.4 is 20.8 Å². The van der Waals surface area contributed by atoms with Gasteiger partial charge in [0.05, 0.1) is 6.21 Å². The van der Waals surface area contributed by atoms with Gasteiger partial charge in [-0.2, -0.15) is 5.10 Å². The summed E-state index contributed by atoms with van der Waals surface area (Å²) in [6.45, 7) is -0.161. The van der Waals surface area contributed by atoms with E-state index in [9.17, 15) is 14.4 Å². The molecule has 1 aliphatic carbocycles. The highest BCUT2D eigenvalue weighted by Crippen LogP contribution is 2.17. The van der Waals surface area contributed by atoms with Gasteiger partial charge in [-0.3, -0.25) is 14.4 Å². The summed E-state index contributed by atoms with van der Waals surface area (Å²) < 4.78 is 5.46. The maximum Gasteiger partial charge on any atom is 0.329 e. The van der Waals surface area contributed by atoms with Crippen LogP contribution in [-0.4, -0.2) is 36.6 Å². The average Bonchev–Trinajstić information content (AvgIpc) is 2.79. The fraction of sp³-hybridized carbons (Fsp3) is 0.304. The average molecular weight is 457 g/mol. The summed E-state index contributed by atoms with van der Waals surface area (Å²) in [6.07, 6.45) is 6.52. The second-order valence-electron chi connectivity index (χ2n) is 7.42. The third kappa shape index (κ3) is 7.70. The molecule has 0 heterocycles. The van der Waals surface area contributed by atoms with Crippen molar-refractivity contribution < 1.29 is 19.1 Å². The number of hydrogen-bond acceptors (Lipinski definition) is 5. The van der Waals surface area contributed by atoms with Crippen molar-refractivity contribution in [2.75, 3.05) is 11.9 Å². The Morgan fingerprint density at radius 1 is 1.03 bits per heavy atom. The Labute approximate surface area is 191 Å². The maximum absolute atomic E-state index is 12.0. The molecule has 0 bridgehead atoms. The molecule has 2 aromatic carbocycles. The number of anilines is 1. The van der Waals surface area contributed by atoms with Gasteiger partial charge in [-0.15, -0.1) is 0 Å². The first-order valence-corrected chi connectivity index (χ1v) is 10.8. The Hall–Kier alpha value is -3.39. The van der Waals surface area contributed by atoms with Gasteiger partial charge in [0.1, 0.15) is 5.75 Å². The molecule has 0 aromatic heterocycles. The van der Waals surface area contributed by atoms with Gasteiger partial charge in [-0.05, 0) is 60.9 Å². The Morgan fingerprint density at radius 2 is 1.78 bits per heavy atom. The molecule has 1 saturated carbocycles. The minimum atomic E-state index is -0.794. The Bertz CT molecular complexity index is 972. The number of halogens is 1. The number of carbonyl (C=O) groups excluding carboxylic acids is 3. The summed E-state index contributed by atoms with van der Waals surface area (Å²) in [4.78, 5) is 35.7. The van der Waals surface area contributed by atoms with Gasteiger partial charge in [0.15, 0.2) is 6.61 Å². The molecule has 1 fully saturated rings. The van der Waals surface area contributed by atoms with E-state index in [0.717, 1.165) is 25.7 Å². The molecule has 32 heavy (non-hydrogen) atoms. The minimum absolute atomic E-state index is 0.0612. The number of benzene rings is 2. The molecule has 8 nitrogen and oxygen atoms in total. The number of ether oxygens (including phenoxy) is 1. The third-order valence-electron chi connectivity index (χ3n) is 4.88. The van der Waals surface area contributed by atoms with Gasteiger partial charge in [0.25, 0.3) is 5.91 Å². The van der Waals surface area contributed by atoms with Crippen molar-refractivity contribution in [1.82, 2.24) is 10.7 Å². The van der Waals surface area contributed by atoms with Crippen molar-refractivity contribution in [3.05, 3.63) is 59.1 Å². The highest BCUT2D eigenvalue weighted by Gasteiger charge is 2.19. The van der Waals surface area contributed by atoms with Crippen LogP contribution >= 0.6 is 11.6 Å². The summed E-state index contributed by atoms with van der Waals surface area (Å²) in [5.41, 5.74) is 3.51. The zero-order chi connectivity index (χ0) is 22.8. The third-order valence-corrected chi connectivity index (χ3v) is 5.12. The molecule has 0 unspecified atom stereocenters. The lowest BCUT2D eigenvalue weighted by atomic mass is 9.95. The molecular formula is C23H25ClN4O4. The van der Waals surface area contributed by atoms with Gasteiger partial charge in [0.2, 0.25) is 0 Å². The first-order valence-electron chi connectivity index (χ1n) is 10.4. The van der Waals surface area contributed by atoms with E-state index >= 15 is 0 Å². The van der Waals surface area contributed by atoms with Crippen molar-refractivity contribution in [3.63, 3.8) is 0 Å². The molecule has 0 spiro atoms. The summed E-state index contributed by atoms with van der Waals surface area (Å²) in [7, 11) is 0. The highest BCUT2D eigenvalue weighted by atomic mass is 35.5. The normalized spacial score (nSPS) is 14.0. The zero-order valence-corrected chi connectivity index (χ0v) is 18.2. The van der Waals surface area contributed by atoms with E-state index in [1.165, 1.54) is 12.6 Å². The Balaban J connectivity index is 1.39. The van der Waals surface area contributed by atoms with E-state index in [4.69, 9.17) is 16.3 Å². The van der Waals surface area contributed by atoms with Crippen LogP contribution in [0.3, 0.4) is 0 Å². The predicted octanol–water partition coefficient (Wildman–Crippen LogP) is 3.26. The minimum Gasteiger partial charge on any atom is -0.484 e. The van der Waals surface area contributed by atoms with Crippen LogP contribution in [-0.2, 0) is 14.4 Å². The van der Waals surface area contributed by atoms with Gasteiger partial charge in [-0.1, -0.05) is 36.9 Å². The van der Waals surface area contributed by atoms with Crippen molar-refractivity contribution in [3.8, 4) is 5.75 Å². The summed E-state index contributed by atoms with van der Waals surface area (Å²) in [5, 5.41) is 9.77. The standard InChI is InChI=1S/C23H25ClN4O4/c24-17-5-4-8-19(13-17)26-21(29)15-32-20-11-9-16(10-12-20)14-25-28-23(31)22(30)27-18-6-2-1-3-7-18/h4-5,8-14,18H,1-3,6-7,15H2,(H,26,29)(H,27,30)(H,28,31)/b25-14-. The van der Waals surface area contributed by atoms with Crippen LogP contribution in [0, 0.1) is 0 Å². The van der Waals surface area contributed by atoms with E-state index in [2.05, 4.69) is 21.2 Å². The molecule has 0 atom stereocenters. The first kappa shape index (κ1) is 23.3. The lowest BCUT2D eigenvalue weighted by Gasteiger charge is -2.22. The van der Waals surface area contributed by atoms with Gasteiger partial charge in [0, 0.05) is 16.8 Å². The molecule has 0 radical (unpaired) electrons. The topological polar surface area (TPSA) is 109 Å². The summed E-state index contributed by atoms with van der Waals surface area (Å²) >= 11 is 5.89. The van der Waals surface area contributed by atoms with Gasteiger partial charge < -0.3 is 15.4 Å². The quantitative estimate of drug-likeness (QED) is 0.337. The Morgan fingerprint density at radius 3 is 2.50 bits per heavy atom. The second kappa shape index (κ2) is 11.9. The second-order valence-corrected chi connectivity index (χ2v) is 7.86. The fourth-order valence-corrected chi connectivity index (χ4v) is 3.47. The molecule has 3 amide bonds. The van der Waals surface area contributed by atoms with Crippen LogP contribution in [0.2, 0.25) is 5.02 Å². The van der Waals surface area contributed by atoms with E-state index in [1.54, 1.807) is 48.5 Å². The zero-order valence-electron chi connectivity index (χ0n) is 17.5. The molecule has 0 aliphatic heterocycles. The molecule has 0 saturated heterocycles. The number of nitrogens with zero attached hydrogens (tertiary/aromatic N) is 1. The number of carbonyl (C=O) groups is 3. The molecule has 9 heteroatoms. The van der Waals surface area contributed by atoms with E-state index in [0.29, 0.717) is 22.0 Å². The molecular weight excluding hydrogens is 432 g/mol. The largest absolute Gasteiger partial charge is 0.484 e. The van der Waals surface area contributed by atoms with Crippen molar-refractivity contribution in [2.45, 2.75) is 38.1 Å². The van der Waals surface area contributed by atoms with Crippen molar-refractivity contribution in [1.29, 1.82) is 0 Å². The molecule has 3 rings (SSSR count). The number of hydrogen-bond donors (Lipinski definition) is 3. The van der Waals surface area contributed by atoms with Crippen LogP contribution in [0.1, 0.15) is 37.7 Å². The van der Waals surface area contributed by atoms with E-state index < -0.39 is 11.8 Å². The van der Waals surface area contributed by atoms with Crippen molar-refractivity contribution >= 4 is 41.2 Å². The Kier molecular flexibility index (Phi) is 8.62. The van der Waals surface area contributed by atoms with Crippen LogP contribution in [0.15, 0.2) is 53.6 Å². The van der Waals surface area contributed by atoms with E-state index in [1.807, 2.05) is 0 Å². The molecule has 3 N–H and O–H groups in total. The number of hydrazone groups is 1. The van der Waals surface area contributed by atoms with Crippen LogP contribution in [0.25, 0.3) is 0 Å². The van der Waals surface area contributed by atoms with E-state index in [-0.39, 0.29) is 18.6 Å². The predicted molar refractivity (Wildman–Crippen MR) is 123 cm³/mol. The molecule has 168 valence electrons. The monoisotopic (exact) mass is 456 g/mol. The SMILES string of the molecule is O=C(COc1ccc(/C=N\NC(=O)C(=O)NC2CCCCC2)cc1)Nc1cccc(Cl)c1. The van der Waals surface area contributed by atoms with Crippen LogP contribution in [0.5, 0.6) is 5.75 Å². The van der Waals surface area contributed by atoms with Gasteiger partial charge >= 0.3 is 11.8 Å². The molecule has 2 aromatic rings. The highest BCUT2D eigenvalue weighted by molar-refractivity contribution is 6.35. The fourth-order valence-electron chi connectivity index (χ4n) is 3.28.